The second-order valence-corrected chi connectivity index (χ2v) is 5.24. The Kier molecular flexibility index (Phi) is 3.14. The molecule has 4 N–H and O–H groups in total. The van der Waals surface area contributed by atoms with Crippen LogP contribution in [-0.4, -0.2) is 22.7 Å². The number of hydrogen-bond donors (Lipinski definition) is 3. The van der Waals surface area contributed by atoms with Gasteiger partial charge in [0, 0.05) is 29.1 Å². The number of aromatic nitrogens is 1. The molecule has 0 radical (unpaired) electrons. The minimum atomic E-state index is -0.778. The summed E-state index contributed by atoms with van der Waals surface area (Å²) in [4.78, 5) is 14.5. The molecule has 0 saturated carbocycles. The molecule has 5 nitrogen and oxygen atoms in total. The third kappa shape index (κ3) is 2.04. The predicted molar refractivity (Wildman–Crippen MR) is 75.8 cm³/mol. The largest absolute Gasteiger partial charge is 0.494 e. The van der Waals surface area contributed by atoms with Gasteiger partial charge in [-0.2, -0.15) is 0 Å². The van der Waals surface area contributed by atoms with Gasteiger partial charge in [0.15, 0.2) is 0 Å². The second kappa shape index (κ2) is 4.83. The number of aromatic amines is 1. The van der Waals surface area contributed by atoms with Gasteiger partial charge in [-0.25, -0.2) is 0 Å². The maximum Gasteiger partial charge on any atom is 0.306 e. The molecule has 20 heavy (non-hydrogen) atoms. The van der Waals surface area contributed by atoms with Crippen molar-refractivity contribution in [2.75, 3.05) is 6.61 Å². The van der Waals surface area contributed by atoms with Crippen LogP contribution in [0.4, 0.5) is 0 Å². The highest BCUT2D eigenvalue weighted by atomic mass is 16.5. The Morgan fingerprint density at radius 2 is 2.35 bits per heavy atom. The van der Waals surface area contributed by atoms with Crippen molar-refractivity contribution in [2.24, 2.45) is 11.7 Å². The zero-order chi connectivity index (χ0) is 14.3. The fraction of sp³-hybridized carbons (Fsp3) is 0.400. The van der Waals surface area contributed by atoms with E-state index < -0.39 is 11.9 Å². The number of aliphatic carboxylic acids is 1. The SMILES string of the molecule is CCOc1ccc2[nH]c3c(c2c1)C(N)CC(C(=O)O)C3. The molecule has 0 saturated heterocycles. The van der Waals surface area contributed by atoms with E-state index in [-0.39, 0.29) is 6.04 Å². The van der Waals surface area contributed by atoms with E-state index in [2.05, 4.69) is 4.98 Å². The first-order chi connectivity index (χ1) is 9.60. The Hall–Kier alpha value is -2.01. The molecule has 1 aliphatic rings. The lowest BCUT2D eigenvalue weighted by molar-refractivity contribution is -0.142. The molecule has 2 unspecified atom stereocenters. The maximum absolute atomic E-state index is 11.2. The summed E-state index contributed by atoms with van der Waals surface area (Å²) in [5, 5.41) is 10.2. The van der Waals surface area contributed by atoms with Crippen LogP contribution in [0.1, 0.15) is 30.6 Å². The van der Waals surface area contributed by atoms with Crippen molar-refractivity contribution in [1.82, 2.24) is 4.98 Å². The summed E-state index contributed by atoms with van der Waals surface area (Å²) >= 11 is 0. The average Bonchev–Trinajstić information content (AvgIpc) is 2.77. The normalized spacial score (nSPS) is 21.7. The number of rotatable bonds is 3. The van der Waals surface area contributed by atoms with Crippen LogP contribution in [0.5, 0.6) is 5.75 Å². The Labute approximate surface area is 116 Å². The van der Waals surface area contributed by atoms with Gasteiger partial charge in [-0.3, -0.25) is 4.79 Å². The number of carboxylic acid groups (broad SMARTS) is 1. The summed E-state index contributed by atoms with van der Waals surface area (Å²) < 4.78 is 5.52. The first-order valence-corrected chi connectivity index (χ1v) is 6.85. The van der Waals surface area contributed by atoms with E-state index in [1.54, 1.807) is 0 Å². The second-order valence-electron chi connectivity index (χ2n) is 5.24. The Bertz CT molecular complexity index is 662. The van der Waals surface area contributed by atoms with Gasteiger partial charge in [0.2, 0.25) is 0 Å². The quantitative estimate of drug-likeness (QED) is 0.800. The van der Waals surface area contributed by atoms with E-state index in [0.29, 0.717) is 19.4 Å². The van der Waals surface area contributed by atoms with E-state index in [1.807, 2.05) is 25.1 Å². The topological polar surface area (TPSA) is 88.3 Å². The number of fused-ring (bicyclic) bond motifs is 3. The van der Waals surface area contributed by atoms with Gasteiger partial charge < -0.3 is 20.6 Å². The van der Waals surface area contributed by atoms with E-state index in [1.165, 1.54) is 0 Å². The van der Waals surface area contributed by atoms with Crippen LogP contribution < -0.4 is 10.5 Å². The number of benzene rings is 1. The lowest BCUT2D eigenvalue weighted by Crippen LogP contribution is -2.28. The first-order valence-electron chi connectivity index (χ1n) is 6.85. The molecule has 0 spiro atoms. The number of H-pyrrole nitrogens is 1. The van der Waals surface area contributed by atoms with Crippen LogP contribution in [-0.2, 0) is 11.2 Å². The molecule has 2 atom stereocenters. The molecule has 1 aliphatic carbocycles. The molecule has 1 aromatic heterocycles. The summed E-state index contributed by atoms with van der Waals surface area (Å²) in [6, 6.07) is 5.61. The minimum absolute atomic E-state index is 0.245. The molecule has 5 heteroatoms. The van der Waals surface area contributed by atoms with Gasteiger partial charge in [0.25, 0.3) is 0 Å². The van der Waals surface area contributed by atoms with E-state index in [9.17, 15) is 9.90 Å². The van der Waals surface area contributed by atoms with Crippen LogP contribution in [0.25, 0.3) is 10.9 Å². The van der Waals surface area contributed by atoms with Gasteiger partial charge in [0.05, 0.1) is 12.5 Å². The van der Waals surface area contributed by atoms with Crippen LogP contribution in [0.3, 0.4) is 0 Å². The zero-order valence-electron chi connectivity index (χ0n) is 11.3. The van der Waals surface area contributed by atoms with Crippen molar-refractivity contribution in [3.8, 4) is 5.75 Å². The summed E-state index contributed by atoms with van der Waals surface area (Å²) in [5.74, 6) is -0.369. The fourth-order valence-electron chi connectivity index (χ4n) is 3.03. The fourth-order valence-corrected chi connectivity index (χ4v) is 3.03. The Balaban J connectivity index is 2.08. The van der Waals surface area contributed by atoms with Gasteiger partial charge in [-0.05, 0) is 37.1 Å². The van der Waals surface area contributed by atoms with Crippen molar-refractivity contribution >= 4 is 16.9 Å². The highest BCUT2D eigenvalue weighted by molar-refractivity contribution is 5.87. The molecule has 0 amide bonds. The standard InChI is InChI=1S/C15H18N2O3/c1-2-20-9-3-4-12-10(7-9)14-11(16)5-8(15(18)19)6-13(14)17-12/h3-4,7-8,11,17H,2,5-6,16H2,1H3,(H,18,19). The third-order valence-electron chi connectivity index (χ3n) is 3.91. The van der Waals surface area contributed by atoms with Crippen LogP contribution in [0, 0.1) is 5.92 Å². The average molecular weight is 274 g/mol. The molecule has 3 rings (SSSR count). The van der Waals surface area contributed by atoms with Gasteiger partial charge in [-0.1, -0.05) is 0 Å². The molecule has 0 fully saturated rings. The summed E-state index contributed by atoms with van der Waals surface area (Å²) in [6.45, 7) is 2.56. The van der Waals surface area contributed by atoms with Crippen LogP contribution >= 0.6 is 0 Å². The van der Waals surface area contributed by atoms with Crippen molar-refractivity contribution in [3.05, 3.63) is 29.5 Å². The van der Waals surface area contributed by atoms with Gasteiger partial charge in [-0.15, -0.1) is 0 Å². The van der Waals surface area contributed by atoms with E-state index in [4.69, 9.17) is 10.5 Å². The highest BCUT2D eigenvalue weighted by Crippen LogP contribution is 2.38. The molecular formula is C15H18N2O3. The van der Waals surface area contributed by atoms with E-state index in [0.717, 1.165) is 27.9 Å². The lowest BCUT2D eigenvalue weighted by atomic mass is 9.83. The first kappa shape index (κ1) is 13.0. The Morgan fingerprint density at radius 1 is 1.55 bits per heavy atom. The lowest BCUT2D eigenvalue weighted by Gasteiger charge is -2.24. The predicted octanol–water partition coefficient (Wildman–Crippen LogP) is 2.21. The molecular weight excluding hydrogens is 256 g/mol. The summed E-state index contributed by atoms with van der Waals surface area (Å²) in [6.07, 6.45) is 0.991. The highest BCUT2D eigenvalue weighted by Gasteiger charge is 2.31. The van der Waals surface area contributed by atoms with Crippen molar-refractivity contribution in [2.45, 2.75) is 25.8 Å². The number of nitrogens with two attached hydrogens (primary N) is 1. The molecule has 1 aromatic carbocycles. The maximum atomic E-state index is 11.2. The molecule has 2 aromatic rings. The summed E-state index contributed by atoms with van der Waals surface area (Å²) in [7, 11) is 0. The molecule has 106 valence electrons. The third-order valence-corrected chi connectivity index (χ3v) is 3.91. The zero-order valence-corrected chi connectivity index (χ0v) is 11.3. The Morgan fingerprint density at radius 3 is 3.05 bits per heavy atom. The molecule has 0 bridgehead atoms. The minimum Gasteiger partial charge on any atom is -0.494 e. The van der Waals surface area contributed by atoms with Crippen molar-refractivity contribution in [3.63, 3.8) is 0 Å². The number of carbonyl (C=O) groups is 1. The van der Waals surface area contributed by atoms with E-state index >= 15 is 0 Å². The van der Waals surface area contributed by atoms with Crippen LogP contribution in [0.2, 0.25) is 0 Å². The summed E-state index contributed by atoms with van der Waals surface area (Å²) in [5.41, 5.74) is 9.16. The van der Waals surface area contributed by atoms with Crippen LogP contribution in [0.15, 0.2) is 18.2 Å². The number of hydrogen-bond acceptors (Lipinski definition) is 3. The van der Waals surface area contributed by atoms with Crippen molar-refractivity contribution < 1.29 is 14.6 Å². The monoisotopic (exact) mass is 274 g/mol. The smallest absolute Gasteiger partial charge is 0.306 e. The number of carboxylic acids is 1. The number of nitrogens with one attached hydrogen (secondary N) is 1. The van der Waals surface area contributed by atoms with Gasteiger partial charge >= 0.3 is 5.97 Å². The molecule has 1 heterocycles. The number of ether oxygens (including phenoxy) is 1. The molecule has 0 aliphatic heterocycles. The van der Waals surface area contributed by atoms with Crippen molar-refractivity contribution in [1.29, 1.82) is 0 Å². The van der Waals surface area contributed by atoms with Gasteiger partial charge in [0.1, 0.15) is 5.75 Å².